The zero-order valence-electron chi connectivity index (χ0n) is 18.2. The monoisotopic (exact) mass is 424 g/mol. The van der Waals surface area contributed by atoms with E-state index in [-0.39, 0.29) is 0 Å². The van der Waals surface area contributed by atoms with E-state index >= 15 is 0 Å². The summed E-state index contributed by atoms with van der Waals surface area (Å²) < 4.78 is 0. The first-order chi connectivity index (χ1) is 14.2. The molecule has 0 nitrogen and oxygen atoms in total. The minimum Gasteiger partial charge on any atom is -0.157 e. The molecule has 29 heavy (non-hydrogen) atoms. The Morgan fingerprint density at radius 2 is 0.931 bits per heavy atom. The first kappa shape index (κ1) is 21.4. The summed E-state index contributed by atoms with van der Waals surface area (Å²) in [6, 6.07) is 15.2. The van der Waals surface area contributed by atoms with Crippen LogP contribution in [0.2, 0.25) is 0 Å². The van der Waals surface area contributed by atoms with Gasteiger partial charge in [0.15, 0.2) is 0 Å². The third kappa shape index (κ3) is 5.64. The third-order valence-corrected chi connectivity index (χ3v) is 8.75. The third-order valence-electron chi connectivity index (χ3n) is 6.74. The first-order valence-electron chi connectivity index (χ1n) is 11.6. The van der Waals surface area contributed by atoms with E-state index in [0.29, 0.717) is 10.5 Å². The van der Waals surface area contributed by atoms with Crippen LogP contribution in [0.25, 0.3) is 0 Å². The Hall–Kier alpha value is -0.860. The van der Waals surface area contributed by atoms with Gasteiger partial charge in [-0.25, -0.2) is 0 Å². The van der Waals surface area contributed by atoms with Gasteiger partial charge in [0.2, 0.25) is 0 Å². The van der Waals surface area contributed by atoms with Gasteiger partial charge in [0, 0.05) is 10.5 Å². The second-order valence-corrected chi connectivity index (χ2v) is 11.1. The normalized spacial score (nSPS) is 23.0. The van der Waals surface area contributed by atoms with Gasteiger partial charge in [0.1, 0.15) is 0 Å². The van der Waals surface area contributed by atoms with Crippen molar-refractivity contribution in [3.8, 4) is 0 Å². The largest absolute Gasteiger partial charge is 0.157 e. The highest BCUT2D eigenvalue weighted by atomic mass is 32.2. The van der Waals surface area contributed by atoms with Crippen LogP contribution in [0, 0.1) is 0 Å². The zero-order chi connectivity index (χ0) is 20.1. The van der Waals surface area contributed by atoms with Gasteiger partial charge in [-0.2, -0.15) is 23.5 Å². The fourth-order valence-electron chi connectivity index (χ4n) is 5.13. The minimum atomic E-state index is 0.563. The summed E-state index contributed by atoms with van der Waals surface area (Å²) >= 11 is 4.06. The molecule has 0 N–H and O–H groups in total. The van der Waals surface area contributed by atoms with E-state index in [9.17, 15) is 0 Å². The van der Waals surface area contributed by atoms with Crippen LogP contribution in [0.15, 0.2) is 36.4 Å². The van der Waals surface area contributed by atoms with Crippen LogP contribution in [0.5, 0.6) is 0 Å². The van der Waals surface area contributed by atoms with Crippen molar-refractivity contribution in [2.24, 2.45) is 0 Å². The molecule has 0 aromatic heterocycles. The summed E-state index contributed by atoms with van der Waals surface area (Å²) in [7, 11) is 0. The number of hydrogen-bond acceptors (Lipinski definition) is 2. The molecular formula is C27H36S2. The molecular weight excluding hydrogens is 388 g/mol. The highest BCUT2D eigenvalue weighted by Gasteiger charge is 2.20. The number of fused-ring (bicyclic) bond motifs is 10. The molecule has 3 aliphatic carbocycles. The fraction of sp³-hybridized carbons (Fsp3) is 0.556. The lowest BCUT2D eigenvalue weighted by Crippen LogP contribution is -2.08. The molecule has 0 fully saturated rings. The van der Waals surface area contributed by atoms with Gasteiger partial charge in [0.05, 0.1) is 0 Å². The van der Waals surface area contributed by atoms with E-state index in [1.807, 2.05) is 23.5 Å². The van der Waals surface area contributed by atoms with Crippen LogP contribution in [0.1, 0.15) is 88.8 Å². The fourth-order valence-corrected chi connectivity index (χ4v) is 6.66. The van der Waals surface area contributed by atoms with Gasteiger partial charge >= 0.3 is 0 Å². The summed E-state index contributed by atoms with van der Waals surface area (Å²) in [4.78, 5) is 0. The number of rotatable bonds is 2. The molecule has 2 atom stereocenters. The Bertz CT molecular complexity index is 760. The summed E-state index contributed by atoms with van der Waals surface area (Å²) in [5.74, 6) is 0. The van der Waals surface area contributed by atoms with Crippen molar-refractivity contribution >= 4 is 23.5 Å². The van der Waals surface area contributed by atoms with Crippen molar-refractivity contribution in [1.82, 2.24) is 0 Å². The molecule has 0 amide bonds. The molecule has 5 rings (SSSR count). The summed E-state index contributed by atoms with van der Waals surface area (Å²) in [5, 5.41) is 1.13. The van der Waals surface area contributed by atoms with Crippen LogP contribution < -0.4 is 0 Å². The van der Waals surface area contributed by atoms with Gasteiger partial charge in [-0.3, -0.25) is 0 Å². The van der Waals surface area contributed by atoms with Crippen molar-refractivity contribution in [2.45, 2.75) is 81.1 Å². The van der Waals surface area contributed by atoms with Crippen molar-refractivity contribution in [1.29, 1.82) is 0 Å². The first-order valence-corrected chi connectivity index (χ1v) is 14.1. The quantitative estimate of drug-likeness (QED) is 0.477. The average molecular weight is 425 g/mol. The number of hydrogen-bond donors (Lipinski definition) is 0. The number of aryl methyl sites for hydroxylation is 2. The van der Waals surface area contributed by atoms with Gasteiger partial charge in [0.25, 0.3) is 0 Å². The zero-order valence-corrected chi connectivity index (χ0v) is 19.8. The van der Waals surface area contributed by atoms with E-state index in [1.54, 1.807) is 33.4 Å². The lowest BCUT2D eigenvalue weighted by molar-refractivity contribution is 0.579. The Morgan fingerprint density at radius 3 is 1.41 bits per heavy atom. The van der Waals surface area contributed by atoms with Crippen LogP contribution in [0.4, 0.5) is 0 Å². The molecule has 0 spiro atoms. The maximum Gasteiger partial charge on any atom is 0.0335 e. The lowest BCUT2D eigenvalue weighted by atomic mass is 9.90. The maximum absolute atomic E-state index is 2.53. The standard InChI is InChI=1S/C27H36S2/c1-28-26-17-22-12-20-10-8-6-4-3-5-7-9-11-21-15-24(26)19-25(16-21)27(29-2)18-23(13-20)14-22/h12-16,19,26-27H,3-11,17-18H2,1-2H3. The molecule has 0 radical (unpaired) electrons. The van der Waals surface area contributed by atoms with Gasteiger partial charge in [-0.05, 0) is 84.4 Å². The van der Waals surface area contributed by atoms with Crippen molar-refractivity contribution in [3.05, 3.63) is 69.8 Å². The van der Waals surface area contributed by atoms with Crippen molar-refractivity contribution in [2.75, 3.05) is 12.5 Å². The predicted molar refractivity (Wildman–Crippen MR) is 133 cm³/mol. The van der Waals surface area contributed by atoms with Crippen molar-refractivity contribution in [3.63, 3.8) is 0 Å². The highest BCUT2D eigenvalue weighted by molar-refractivity contribution is 7.99. The van der Waals surface area contributed by atoms with Crippen molar-refractivity contribution < 1.29 is 0 Å². The molecule has 0 saturated heterocycles. The summed E-state index contributed by atoms with van der Waals surface area (Å²) in [6.07, 6.45) is 19.1. The SMILES string of the molecule is CSC1Cc2cc3cc(c2)CC(SC)c2cc(cc1c2)CCCCCCCCC3. The van der Waals surface area contributed by atoms with E-state index in [0.717, 1.165) is 12.8 Å². The molecule has 2 aromatic rings. The second-order valence-electron chi connectivity index (χ2n) is 9.00. The molecule has 0 heterocycles. The molecule has 2 unspecified atom stereocenters. The summed E-state index contributed by atoms with van der Waals surface area (Å²) in [6.45, 7) is 0. The molecule has 2 heteroatoms. The minimum absolute atomic E-state index is 0.563. The number of thioether (sulfide) groups is 2. The lowest BCUT2D eigenvalue weighted by Gasteiger charge is -2.24. The molecule has 0 saturated carbocycles. The molecule has 156 valence electrons. The van der Waals surface area contributed by atoms with Crippen LogP contribution in [-0.2, 0) is 25.7 Å². The Balaban J connectivity index is 1.78. The average Bonchev–Trinajstić information content (AvgIpc) is 2.73. The second kappa shape index (κ2) is 10.4. The van der Waals surface area contributed by atoms with Crippen LogP contribution in [-0.4, -0.2) is 12.5 Å². The van der Waals surface area contributed by atoms with E-state index < -0.39 is 0 Å². The van der Waals surface area contributed by atoms with Gasteiger partial charge < -0.3 is 0 Å². The topological polar surface area (TPSA) is 0 Å². The van der Waals surface area contributed by atoms with E-state index in [2.05, 4.69) is 48.9 Å². The Morgan fingerprint density at radius 1 is 0.517 bits per heavy atom. The predicted octanol–water partition coefficient (Wildman–Crippen LogP) is 8.12. The van der Waals surface area contributed by atoms with Crippen LogP contribution >= 0.6 is 23.5 Å². The Kier molecular flexibility index (Phi) is 7.70. The highest BCUT2D eigenvalue weighted by Crippen LogP contribution is 2.39. The van der Waals surface area contributed by atoms with E-state index in [4.69, 9.17) is 0 Å². The summed E-state index contributed by atoms with van der Waals surface area (Å²) in [5.41, 5.74) is 9.37. The molecule has 0 aliphatic heterocycles. The van der Waals surface area contributed by atoms with Gasteiger partial charge in [-0.1, -0.05) is 68.5 Å². The van der Waals surface area contributed by atoms with Gasteiger partial charge in [-0.15, -0.1) is 0 Å². The smallest absolute Gasteiger partial charge is 0.0335 e. The molecule has 2 aromatic carbocycles. The van der Waals surface area contributed by atoms with E-state index in [1.165, 1.54) is 57.8 Å². The number of benzene rings is 2. The van der Waals surface area contributed by atoms with Crippen LogP contribution in [0.3, 0.4) is 0 Å². The molecule has 6 bridgehead atoms. The maximum atomic E-state index is 2.53. The molecule has 3 aliphatic rings. The Labute approximate surface area is 186 Å².